The largest absolute Gasteiger partial charge is 0.466 e. The van der Waals surface area contributed by atoms with Crippen LogP contribution >= 0.6 is 11.3 Å². The zero-order chi connectivity index (χ0) is 19.9. The van der Waals surface area contributed by atoms with E-state index in [0.29, 0.717) is 43.9 Å². The molecule has 1 amide bonds. The minimum absolute atomic E-state index is 0.0501. The Bertz CT molecular complexity index is 861. The number of ether oxygens (including phenoxy) is 1. The predicted octanol–water partition coefficient (Wildman–Crippen LogP) is 3.71. The van der Waals surface area contributed by atoms with E-state index in [2.05, 4.69) is 21.4 Å². The number of hydrogen-bond donors (Lipinski definition) is 1. The lowest BCUT2D eigenvalue weighted by atomic mass is 10.0. The van der Waals surface area contributed by atoms with E-state index in [1.54, 1.807) is 47.7 Å². The van der Waals surface area contributed by atoms with Crippen LogP contribution in [0.4, 0.5) is 10.9 Å². The molecule has 8 heteroatoms. The maximum absolute atomic E-state index is 12.8. The molecule has 28 heavy (non-hydrogen) atoms. The van der Waals surface area contributed by atoms with Crippen molar-refractivity contribution in [3.05, 3.63) is 46.6 Å². The lowest BCUT2D eigenvalue weighted by molar-refractivity contribution is -0.143. The van der Waals surface area contributed by atoms with Crippen LogP contribution in [-0.4, -0.2) is 46.4 Å². The third-order valence-corrected chi connectivity index (χ3v) is 5.16. The van der Waals surface area contributed by atoms with Gasteiger partial charge in [-0.2, -0.15) is 0 Å². The van der Waals surface area contributed by atoms with Gasteiger partial charge in [0.2, 0.25) is 0 Å². The number of carbonyl (C=O) groups excluding carboxylic acids is 2. The van der Waals surface area contributed by atoms with Gasteiger partial charge in [-0.15, -0.1) is 11.3 Å². The van der Waals surface area contributed by atoms with Gasteiger partial charge in [-0.1, -0.05) is 11.6 Å². The van der Waals surface area contributed by atoms with Gasteiger partial charge in [-0.3, -0.25) is 9.59 Å². The van der Waals surface area contributed by atoms with Crippen molar-refractivity contribution in [1.29, 1.82) is 0 Å². The molecule has 2 aromatic rings. The van der Waals surface area contributed by atoms with E-state index >= 15 is 0 Å². The number of amides is 1. The second-order valence-corrected chi connectivity index (χ2v) is 7.75. The van der Waals surface area contributed by atoms with Crippen LogP contribution in [-0.2, 0) is 9.53 Å². The fourth-order valence-corrected chi connectivity index (χ4v) is 3.63. The Balaban J connectivity index is 1.56. The van der Waals surface area contributed by atoms with Gasteiger partial charge in [0.25, 0.3) is 5.91 Å². The van der Waals surface area contributed by atoms with Crippen LogP contribution in [0.1, 0.15) is 41.4 Å². The molecule has 148 valence electrons. The number of anilines is 2. The van der Waals surface area contributed by atoms with Gasteiger partial charge >= 0.3 is 5.97 Å². The number of rotatable bonds is 7. The van der Waals surface area contributed by atoms with E-state index in [4.69, 9.17) is 4.74 Å². The standard InChI is InChI=1S/C20H24N4O3S/c1-3-27-18(25)9-6-15-5-4-10-24(13-15)19(26)16-7-8-17(21-12-16)23-20-22-11-14(2)28-20/h5,7-8,11-12H,3-4,6,9-10,13H2,1-2H3,(H,21,22,23). The highest BCUT2D eigenvalue weighted by molar-refractivity contribution is 7.15. The predicted molar refractivity (Wildman–Crippen MR) is 109 cm³/mol. The monoisotopic (exact) mass is 400 g/mol. The highest BCUT2D eigenvalue weighted by Crippen LogP contribution is 2.21. The van der Waals surface area contributed by atoms with Crippen molar-refractivity contribution in [3.63, 3.8) is 0 Å². The van der Waals surface area contributed by atoms with E-state index in [1.165, 1.54) is 0 Å². The minimum atomic E-state index is -0.199. The molecule has 0 radical (unpaired) electrons. The van der Waals surface area contributed by atoms with E-state index in [0.717, 1.165) is 22.0 Å². The van der Waals surface area contributed by atoms with Crippen molar-refractivity contribution in [2.45, 2.75) is 33.1 Å². The third kappa shape index (κ3) is 5.39. The molecular weight excluding hydrogens is 376 g/mol. The van der Waals surface area contributed by atoms with Crippen LogP contribution < -0.4 is 5.32 Å². The lowest BCUT2D eigenvalue weighted by Gasteiger charge is -2.27. The molecule has 1 N–H and O–H groups in total. The number of esters is 1. The number of pyridine rings is 1. The van der Waals surface area contributed by atoms with Gasteiger partial charge in [0.15, 0.2) is 5.13 Å². The molecule has 7 nitrogen and oxygen atoms in total. The molecular formula is C20H24N4O3S. The van der Waals surface area contributed by atoms with E-state index < -0.39 is 0 Å². The summed E-state index contributed by atoms with van der Waals surface area (Å²) in [5.41, 5.74) is 1.64. The average Bonchev–Trinajstić information content (AvgIpc) is 3.11. The second kappa shape index (κ2) is 9.45. The zero-order valence-corrected chi connectivity index (χ0v) is 16.9. The van der Waals surface area contributed by atoms with Crippen molar-refractivity contribution in [1.82, 2.24) is 14.9 Å². The Kier molecular flexibility index (Phi) is 6.76. The van der Waals surface area contributed by atoms with Crippen LogP contribution in [0.25, 0.3) is 0 Å². The molecule has 0 fully saturated rings. The molecule has 1 aliphatic heterocycles. The van der Waals surface area contributed by atoms with Gasteiger partial charge < -0.3 is 15.0 Å². The van der Waals surface area contributed by atoms with Gasteiger partial charge in [-0.25, -0.2) is 9.97 Å². The molecule has 0 unspecified atom stereocenters. The molecule has 2 aromatic heterocycles. The Labute approximate surface area is 168 Å². The first-order valence-electron chi connectivity index (χ1n) is 9.33. The van der Waals surface area contributed by atoms with Crippen LogP contribution in [0.5, 0.6) is 0 Å². The summed E-state index contributed by atoms with van der Waals surface area (Å²) in [6.07, 6.45) is 7.26. The molecule has 0 bridgehead atoms. The number of hydrogen-bond acceptors (Lipinski definition) is 7. The fourth-order valence-electron chi connectivity index (χ4n) is 2.96. The number of aromatic nitrogens is 2. The Morgan fingerprint density at radius 3 is 2.82 bits per heavy atom. The SMILES string of the molecule is CCOC(=O)CCC1=CCCN(C(=O)c2ccc(Nc3ncc(C)s3)nc2)C1. The van der Waals surface area contributed by atoms with Crippen molar-refractivity contribution in [3.8, 4) is 0 Å². The van der Waals surface area contributed by atoms with Crippen LogP contribution in [0.15, 0.2) is 36.2 Å². The molecule has 3 heterocycles. The summed E-state index contributed by atoms with van der Waals surface area (Å²) >= 11 is 1.55. The molecule has 0 atom stereocenters. The number of carbonyl (C=O) groups is 2. The summed E-state index contributed by atoms with van der Waals surface area (Å²) in [6.45, 7) is 5.39. The first-order valence-corrected chi connectivity index (χ1v) is 10.1. The summed E-state index contributed by atoms with van der Waals surface area (Å²) < 4.78 is 4.97. The van der Waals surface area contributed by atoms with Gasteiger partial charge in [-0.05, 0) is 38.8 Å². The van der Waals surface area contributed by atoms with E-state index in [9.17, 15) is 9.59 Å². The van der Waals surface area contributed by atoms with Crippen LogP contribution in [0.3, 0.4) is 0 Å². The molecule has 0 saturated carbocycles. The van der Waals surface area contributed by atoms with Gasteiger partial charge in [0.05, 0.1) is 12.2 Å². The molecule has 0 aliphatic carbocycles. The molecule has 1 aliphatic rings. The maximum atomic E-state index is 12.8. The molecule has 0 spiro atoms. The van der Waals surface area contributed by atoms with Gasteiger partial charge in [0.1, 0.15) is 5.82 Å². The first-order chi connectivity index (χ1) is 13.5. The summed E-state index contributed by atoms with van der Waals surface area (Å²) in [5, 5.41) is 3.91. The second-order valence-electron chi connectivity index (χ2n) is 6.52. The van der Waals surface area contributed by atoms with Crippen LogP contribution in [0.2, 0.25) is 0 Å². The Morgan fingerprint density at radius 1 is 1.29 bits per heavy atom. The summed E-state index contributed by atoms with van der Waals surface area (Å²) in [7, 11) is 0. The Morgan fingerprint density at radius 2 is 2.14 bits per heavy atom. The highest BCUT2D eigenvalue weighted by atomic mass is 32.1. The number of nitrogens with zero attached hydrogens (tertiary/aromatic N) is 3. The zero-order valence-electron chi connectivity index (χ0n) is 16.1. The summed E-state index contributed by atoms with van der Waals surface area (Å²) in [4.78, 5) is 35.8. The molecule has 0 aromatic carbocycles. The van der Waals surface area contributed by atoms with Crippen molar-refractivity contribution in [2.75, 3.05) is 25.0 Å². The average molecular weight is 401 g/mol. The summed E-state index contributed by atoms with van der Waals surface area (Å²) in [6, 6.07) is 3.56. The topological polar surface area (TPSA) is 84.4 Å². The maximum Gasteiger partial charge on any atom is 0.306 e. The van der Waals surface area contributed by atoms with Gasteiger partial charge in [0, 0.05) is 36.8 Å². The van der Waals surface area contributed by atoms with E-state index in [1.807, 2.05) is 6.92 Å². The highest BCUT2D eigenvalue weighted by Gasteiger charge is 2.20. The third-order valence-electron chi connectivity index (χ3n) is 4.34. The first kappa shape index (κ1) is 20.0. The lowest BCUT2D eigenvalue weighted by Crippen LogP contribution is -2.36. The quantitative estimate of drug-likeness (QED) is 0.563. The molecule has 0 saturated heterocycles. The number of nitrogens with one attached hydrogen (secondary N) is 1. The smallest absolute Gasteiger partial charge is 0.306 e. The Hall–Kier alpha value is -2.74. The van der Waals surface area contributed by atoms with Crippen molar-refractivity contribution < 1.29 is 14.3 Å². The van der Waals surface area contributed by atoms with Crippen molar-refractivity contribution >= 4 is 34.2 Å². The number of thiazole rings is 1. The van der Waals surface area contributed by atoms with Crippen LogP contribution in [0, 0.1) is 6.92 Å². The normalized spacial score (nSPS) is 13.8. The number of aryl methyl sites for hydroxylation is 1. The fraction of sp³-hybridized carbons (Fsp3) is 0.400. The molecule has 3 rings (SSSR count). The minimum Gasteiger partial charge on any atom is -0.466 e. The van der Waals surface area contributed by atoms with Crippen molar-refractivity contribution in [2.24, 2.45) is 0 Å². The summed E-state index contributed by atoms with van der Waals surface area (Å²) in [5.74, 6) is 0.403. The van der Waals surface area contributed by atoms with E-state index in [-0.39, 0.29) is 11.9 Å².